The van der Waals surface area contributed by atoms with Gasteiger partial charge in [0.15, 0.2) is 0 Å². The predicted molar refractivity (Wildman–Crippen MR) is 140 cm³/mol. The highest BCUT2D eigenvalue weighted by Gasteiger charge is 2.28. The smallest absolute Gasteiger partial charge is 0.254 e. The lowest BCUT2D eigenvalue weighted by Crippen LogP contribution is -2.19. The molecule has 1 saturated heterocycles. The van der Waals surface area contributed by atoms with E-state index in [1.807, 2.05) is 61.1 Å². The van der Waals surface area contributed by atoms with Crippen molar-refractivity contribution in [3.8, 4) is 17.0 Å². The summed E-state index contributed by atoms with van der Waals surface area (Å²) in [5.74, 6) is 1.24. The number of rotatable bonds is 7. The number of amides is 1. The van der Waals surface area contributed by atoms with Crippen LogP contribution in [0.4, 0.5) is 11.5 Å². The first-order chi connectivity index (χ1) is 18.0. The van der Waals surface area contributed by atoms with E-state index in [-0.39, 0.29) is 12.0 Å². The SMILES string of the molecule is CN(C)Cc1nc(Nc2cnc(-c3ccnc4c3ccn4C)c3c2C(=O)NC3)ccc1O[C@@H]1CCOC1. The fourth-order valence-corrected chi connectivity index (χ4v) is 4.94. The van der Waals surface area contributed by atoms with Gasteiger partial charge in [-0.2, -0.15) is 0 Å². The number of hydrogen-bond acceptors (Lipinski definition) is 8. The van der Waals surface area contributed by atoms with Gasteiger partial charge >= 0.3 is 0 Å². The van der Waals surface area contributed by atoms with Gasteiger partial charge in [-0.15, -0.1) is 0 Å². The Kier molecular flexibility index (Phi) is 5.97. The largest absolute Gasteiger partial charge is 0.486 e. The molecule has 6 rings (SSSR count). The predicted octanol–water partition coefficient (Wildman–Crippen LogP) is 3.25. The Bertz CT molecular complexity index is 1490. The van der Waals surface area contributed by atoms with Crippen molar-refractivity contribution in [2.45, 2.75) is 25.6 Å². The number of ether oxygens (including phenoxy) is 2. The van der Waals surface area contributed by atoms with Crippen LogP contribution in [0.5, 0.6) is 5.75 Å². The first-order valence-electron chi connectivity index (χ1n) is 12.3. The van der Waals surface area contributed by atoms with Crippen LogP contribution in [0.25, 0.3) is 22.3 Å². The molecule has 4 aromatic rings. The summed E-state index contributed by atoms with van der Waals surface area (Å²) >= 11 is 0. The van der Waals surface area contributed by atoms with Crippen LogP contribution in [0.2, 0.25) is 0 Å². The maximum Gasteiger partial charge on any atom is 0.254 e. The van der Waals surface area contributed by atoms with Crippen molar-refractivity contribution < 1.29 is 14.3 Å². The van der Waals surface area contributed by atoms with E-state index in [9.17, 15) is 4.79 Å². The summed E-state index contributed by atoms with van der Waals surface area (Å²) in [7, 11) is 5.95. The van der Waals surface area contributed by atoms with Gasteiger partial charge in [-0.3, -0.25) is 9.78 Å². The number of nitrogens with one attached hydrogen (secondary N) is 2. The van der Waals surface area contributed by atoms with Gasteiger partial charge in [0.25, 0.3) is 5.91 Å². The van der Waals surface area contributed by atoms with Gasteiger partial charge in [0.05, 0.1) is 42.0 Å². The maximum atomic E-state index is 12.9. The van der Waals surface area contributed by atoms with E-state index in [2.05, 4.69) is 15.6 Å². The summed E-state index contributed by atoms with van der Waals surface area (Å²) in [5, 5.41) is 7.30. The molecular weight excluding hydrogens is 470 g/mol. The fraction of sp³-hybridized carbons (Fsp3) is 0.333. The molecule has 2 N–H and O–H groups in total. The van der Waals surface area contributed by atoms with Crippen LogP contribution in [0.3, 0.4) is 0 Å². The number of nitrogens with zero attached hydrogens (tertiary/aromatic N) is 5. The molecule has 0 aromatic carbocycles. The summed E-state index contributed by atoms with van der Waals surface area (Å²) in [5.41, 5.74) is 5.49. The molecule has 10 nitrogen and oxygen atoms in total. The monoisotopic (exact) mass is 499 g/mol. The molecule has 6 heterocycles. The number of hydrogen-bond donors (Lipinski definition) is 2. The van der Waals surface area contributed by atoms with Crippen LogP contribution in [0.15, 0.2) is 42.9 Å². The zero-order valence-electron chi connectivity index (χ0n) is 21.1. The molecule has 1 atom stereocenters. The van der Waals surface area contributed by atoms with E-state index in [0.29, 0.717) is 43.4 Å². The molecular formula is C27H29N7O3. The van der Waals surface area contributed by atoms with Gasteiger partial charge in [0.1, 0.15) is 23.3 Å². The summed E-state index contributed by atoms with van der Waals surface area (Å²) in [6.07, 6.45) is 6.37. The molecule has 0 radical (unpaired) electrons. The van der Waals surface area contributed by atoms with Crippen molar-refractivity contribution in [3.63, 3.8) is 0 Å². The second-order valence-electron chi connectivity index (χ2n) is 9.69. The average Bonchev–Trinajstić information content (AvgIpc) is 3.62. The minimum absolute atomic E-state index is 0.0366. The molecule has 1 amide bonds. The van der Waals surface area contributed by atoms with Gasteiger partial charge in [-0.1, -0.05) is 0 Å². The van der Waals surface area contributed by atoms with Crippen molar-refractivity contribution in [1.82, 2.24) is 29.7 Å². The van der Waals surface area contributed by atoms with Crippen LogP contribution in [-0.2, 0) is 24.9 Å². The molecule has 2 aliphatic rings. The average molecular weight is 500 g/mol. The van der Waals surface area contributed by atoms with Crippen molar-refractivity contribution >= 4 is 28.4 Å². The van der Waals surface area contributed by atoms with Gasteiger partial charge in [-0.05, 0) is 38.4 Å². The van der Waals surface area contributed by atoms with Gasteiger partial charge < -0.3 is 29.6 Å². The lowest BCUT2D eigenvalue weighted by Gasteiger charge is -2.19. The Labute approximate surface area is 214 Å². The van der Waals surface area contributed by atoms with Crippen molar-refractivity contribution in [2.75, 3.05) is 32.6 Å². The summed E-state index contributed by atoms with van der Waals surface area (Å²) in [6.45, 7) is 2.33. The molecule has 1 fully saturated rings. The van der Waals surface area contributed by atoms with Gasteiger partial charge in [-0.25, -0.2) is 9.97 Å². The molecule has 2 aliphatic heterocycles. The summed E-state index contributed by atoms with van der Waals surface area (Å²) < 4.78 is 13.6. The topological polar surface area (TPSA) is 106 Å². The molecule has 37 heavy (non-hydrogen) atoms. The number of aryl methyl sites for hydroxylation is 1. The lowest BCUT2D eigenvalue weighted by molar-refractivity contribution is 0.0966. The number of fused-ring (bicyclic) bond motifs is 2. The molecule has 0 aliphatic carbocycles. The standard InChI is InChI=1S/C27H29N7O3/c1-33(2)14-21-22(37-16-8-11-36-15-16)4-5-23(32-21)31-20-13-29-25(19-12-30-27(35)24(19)20)17-6-9-28-26-18(17)7-10-34(26)3/h4-7,9-10,13,16H,8,11-12,14-15H2,1-3H3,(H,30,35)(H,31,32)/t16-/m1/s1. The van der Waals surface area contributed by atoms with Crippen LogP contribution >= 0.6 is 0 Å². The van der Waals surface area contributed by atoms with Gasteiger partial charge in [0, 0.05) is 55.5 Å². The second-order valence-corrected chi connectivity index (χ2v) is 9.69. The number of aromatic nitrogens is 4. The molecule has 0 unspecified atom stereocenters. The van der Waals surface area contributed by atoms with Crippen LogP contribution in [0.1, 0.15) is 28.0 Å². The highest BCUT2D eigenvalue weighted by Crippen LogP contribution is 2.36. The zero-order chi connectivity index (χ0) is 25.5. The number of carbonyl (C=O) groups is 1. The third kappa shape index (κ3) is 4.38. The Balaban J connectivity index is 1.36. The Morgan fingerprint density at radius 3 is 2.95 bits per heavy atom. The summed E-state index contributed by atoms with van der Waals surface area (Å²) in [6, 6.07) is 7.77. The Hall–Kier alpha value is -4.02. The molecule has 0 spiro atoms. The van der Waals surface area contributed by atoms with E-state index in [1.54, 1.807) is 12.4 Å². The normalized spacial score (nSPS) is 16.9. The molecule has 10 heteroatoms. The third-order valence-corrected chi connectivity index (χ3v) is 6.70. The molecule has 190 valence electrons. The summed E-state index contributed by atoms with van der Waals surface area (Å²) in [4.78, 5) is 29.1. The molecule has 0 saturated carbocycles. The highest BCUT2D eigenvalue weighted by atomic mass is 16.5. The number of anilines is 2. The zero-order valence-corrected chi connectivity index (χ0v) is 21.1. The number of carbonyl (C=O) groups excluding carboxylic acids is 1. The highest BCUT2D eigenvalue weighted by molar-refractivity contribution is 6.06. The van der Waals surface area contributed by atoms with Crippen LogP contribution in [0, 0.1) is 0 Å². The second kappa shape index (κ2) is 9.45. The molecule has 0 bridgehead atoms. The first kappa shape index (κ1) is 23.4. The lowest BCUT2D eigenvalue weighted by atomic mass is 10.0. The van der Waals surface area contributed by atoms with Crippen LogP contribution < -0.4 is 15.4 Å². The van der Waals surface area contributed by atoms with E-state index in [4.69, 9.17) is 19.4 Å². The first-order valence-corrected chi connectivity index (χ1v) is 12.3. The van der Waals surface area contributed by atoms with E-state index >= 15 is 0 Å². The minimum atomic E-state index is -0.130. The minimum Gasteiger partial charge on any atom is -0.486 e. The Morgan fingerprint density at radius 1 is 1.24 bits per heavy atom. The molecule has 4 aromatic heterocycles. The van der Waals surface area contributed by atoms with E-state index in [0.717, 1.165) is 45.7 Å². The fourth-order valence-electron chi connectivity index (χ4n) is 4.94. The van der Waals surface area contributed by atoms with Gasteiger partial charge in [0.2, 0.25) is 0 Å². The third-order valence-electron chi connectivity index (χ3n) is 6.70. The van der Waals surface area contributed by atoms with Crippen molar-refractivity contribution in [3.05, 3.63) is 59.7 Å². The van der Waals surface area contributed by atoms with E-state index in [1.165, 1.54) is 0 Å². The Morgan fingerprint density at radius 2 is 2.14 bits per heavy atom. The van der Waals surface area contributed by atoms with Crippen molar-refractivity contribution in [2.24, 2.45) is 7.05 Å². The number of pyridine rings is 3. The van der Waals surface area contributed by atoms with E-state index < -0.39 is 0 Å². The van der Waals surface area contributed by atoms with Crippen LogP contribution in [-0.4, -0.2) is 63.7 Å². The van der Waals surface area contributed by atoms with Crippen molar-refractivity contribution in [1.29, 1.82) is 0 Å². The maximum absolute atomic E-state index is 12.9. The quantitative estimate of drug-likeness (QED) is 0.399.